The van der Waals surface area contributed by atoms with E-state index in [-0.39, 0.29) is 11.8 Å². The number of amides is 2. The number of nitrogens with one attached hydrogen (secondary N) is 1. The van der Waals surface area contributed by atoms with E-state index in [0.717, 1.165) is 16.1 Å². The summed E-state index contributed by atoms with van der Waals surface area (Å²) < 4.78 is 0. The van der Waals surface area contributed by atoms with Crippen LogP contribution < -0.4 is 5.32 Å². The van der Waals surface area contributed by atoms with Crippen LogP contribution in [-0.2, 0) is 17.8 Å². The topological polar surface area (TPSA) is 75.2 Å². The van der Waals surface area contributed by atoms with Gasteiger partial charge in [0.2, 0.25) is 5.91 Å². The zero-order valence-electron chi connectivity index (χ0n) is 15.0. The fourth-order valence-electron chi connectivity index (χ4n) is 2.93. The van der Waals surface area contributed by atoms with Gasteiger partial charge in [-0.2, -0.15) is 0 Å². The van der Waals surface area contributed by atoms with Crippen LogP contribution in [0.1, 0.15) is 26.6 Å². The van der Waals surface area contributed by atoms with E-state index in [1.165, 1.54) is 11.3 Å². The minimum atomic E-state index is -0.287. The van der Waals surface area contributed by atoms with Gasteiger partial charge in [0, 0.05) is 30.1 Å². The molecule has 2 aromatic heterocycles. The summed E-state index contributed by atoms with van der Waals surface area (Å²) in [4.78, 5) is 36.1. The molecule has 0 spiro atoms. The SMILES string of the molecule is O=C(Nc1nc2c(s1)CN(C(=O)/C=C/c1ccccc1)CC2)c1ccccn1. The van der Waals surface area contributed by atoms with E-state index in [4.69, 9.17) is 0 Å². The number of hydrogen-bond donors (Lipinski definition) is 1. The first-order chi connectivity index (χ1) is 13.7. The zero-order valence-corrected chi connectivity index (χ0v) is 15.9. The second-order valence-corrected chi connectivity index (χ2v) is 7.40. The largest absolute Gasteiger partial charge is 0.334 e. The van der Waals surface area contributed by atoms with Crippen molar-refractivity contribution < 1.29 is 9.59 Å². The Bertz CT molecular complexity index is 1020. The number of benzene rings is 1. The van der Waals surface area contributed by atoms with Crippen molar-refractivity contribution in [3.05, 3.63) is 82.6 Å². The van der Waals surface area contributed by atoms with Gasteiger partial charge in [-0.25, -0.2) is 4.98 Å². The number of thiazole rings is 1. The van der Waals surface area contributed by atoms with Crippen LogP contribution >= 0.6 is 11.3 Å². The maximum atomic E-state index is 12.5. The zero-order chi connectivity index (χ0) is 19.3. The number of nitrogens with zero attached hydrogens (tertiary/aromatic N) is 3. The highest BCUT2D eigenvalue weighted by Gasteiger charge is 2.23. The van der Waals surface area contributed by atoms with Crippen molar-refractivity contribution in [3.63, 3.8) is 0 Å². The molecule has 7 heteroatoms. The average Bonchev–Trinajstić information content (AvgIpc) is 3.14. The lowest BCUT2D eigenvalue weighted by molar-refractivity contribution is -0.126. The highest BCUT2D eigenvalue weighted by Crippen LogP contribution is 2.28. The van der Waals surface area contributed by atoms with Crippen molar-refractivity contribution in [1.82, 2.24) is 14.9 Å². The number of pyridine rings is 1. The first-order valence-corrected chi connectivity index (χ1v) is 9.74. The Balaban J connectivity index is 1.41. The van der Waals surface area contributed by atoms with Gasteiger partial charge in [-0.3, -0.25) is 19.9 Å². The van der Waals surface area contributed by atoms with Crippen LogP contribution in [0.4, 0.5) is 5.13 Å². The molecule has 28 heavy (non-hydrogen) atoms. The molecule has 0 saturated carbocycles. The number of anilines is 1. The predicted molar refractivity (Wildman–Crippen MR) is 109 cm³/mol. The van der Waals surface area contributed by atoms with Crippen LogP contribution in [0.5, 0.6) is 0 Å². The lowest BCUT2D eigenvalue weighted by atomic mass is 10.1. The summed E-state index contributed by atoms with van der Waals surface area (Å²) in [6.45, 7) is 1.12. The molecule has 0 fully saturated rings. The predicted octanol–water partition coefficient (Wildman–Crippen LogP) is 3.39. The molecular formula is C21H18N4O2S. The Morgan fingerprint density at radius 1 is 1.11 bits per heavy atom. The number of carbonyl (C=O) groups is 2. The molecule has 0 radical (unpaired) electrons. The molecule has 0 atom stereocenters. The van der Waals surface area contributed by atoms with Crippen molar-refractivity contribution in [3.8, 4) is 0 Å². The van der Waals surface area contributed by atoms with Gasteiger partial charge in [0.1, 0.15) is 5.69 Å². The Morgan fingerprint density at radius 2 is 1.93 bits per heavy atom. The molecule has 0 aliphatic carbocycles. The van der Waals surface area contributed by atoms with Crippen LogP contribution in [0, 0.1) is 0 Å². The second kappa shape index (κ2) is 8.14. The fraction of sp³-hybridized carbons (Fsp3) is 0.143. The third kappa shape index (κ3) is 4.15. The summed E-state index contributed by atoms with van der Waals surface area (Å²) in [7, 11) is 0. The molecule has 140 valence electrons. The van der Waals surface area contributed by atoms with E-state index in [2.05, 4.69) is 15.3 Å². The Kier molecular flexibility index (Phi) is 5.25. The monoisotopic (exact) mass is 390 g/mol. The van der Waals surface area contributed by atoms with Gasteiger partial charge in [0.25, 0.3) is 5.91 Å². The third-order valence-electron chi connectivity index (χ3n) is 4.38. The van der Waals surface area contributed by atoms with Gasteiger partial charge < -0.3 is 4.90 Å². The van der Waals surface area contributed by atoms with Gasteiger partial charge in [-0.1, -0.05) is 47.7 Å². The van der Waals surface area contributed by atoms with E-state index in [1.807, 2.05) is 36.4 Å². The Labute approximate surface area is 166 Å². The number of fused-ring (bicyclic) bond motifs is 1. The van der Waals surface area contributed by atoms with Gasteiger partial charge in [0.15, 0.2) is 5.13 Å². The van der Waals surface area contributed by atoms with Crippen LogP contribution in [0.3, 0.4) is 0 Å². The molecule has 3 aromatic rings. The summed E-state index contributed by atoms with van der Waals surface area (Å²) in [5.74, 6) is -0.313. The van der Waals surface area contributed by atoms with Gasteiger partial charge >= 0.3 is 0 Å². The molecular weight excluding hydrogens is 372 g/mol. The maximum Gasteiger partial charge on any atom is 0.276 e. The molecule has 1 aliphatic heterocycles. The first kappa shape index (κ1) is 18.1. The van der Waals surface area contributed by atoms with Crippen LogP contribution in [0.25, 0.3) is 6.08 Å². The van der Waals surface area contributed by atoms with Crippen LogP contribution in [-0.4, -0.2) is 33.2 Å². The first-order valence-electron chi connectivity index (χ1n) is 8.92. The quantitative estimate of drug-likeness (QED) is 0.693. The highest BCUT2D eigenvalue weighted by molar-refractivity contribution is 7.15. The van der Waals surface area contributed by atoms with Gasteiger partial charge in [-0.15, -0.1) is 0 Å². The number of hydrogen-bond acceptors (Lipinski definition) is 5. The molecule has 3 heterocycles. The van der Waals surface area contributed by atoms with E-state index >= 15 is 0 Å². The molecule has 1 aliphatic rings. The summed E-state index contributed by atoms with van der Waals surface area (Å²) in [6, 6.07) is 14.9. The highest BCUT2D eigenvalue weighted by atomic mass is 32.1. The fourth-order valence-corrected chi connectivity index (χ4v) is 3.95. The molecule has 0 saturated heterocycles. The van der Waals surface area contributed by atoms with Gasteiger partial charge in [-0.05, 0) is 23.8 Å². The van der Waals surface area contributed by atoms with E-state index in [1.54, 1.807) is 35.4 Å². The van der Waals surface area contributed by atoms with Crippen LogP contribution in [0.15, 0.2) is 60.8 Å². The minimum absolute atomic E-state index is 0.0259. The second-order valence-electron chi connectivity index (χ2n) is 6.31. The lowest BCUT2D eigenvalue weighted by Gasteiger charge is -2.24. The van der Waals surface area contributed by atoms with Crippen molar-refractivity contribution >= 4 is 34.4 Å². The number of carbonyl (C=O) groups excluding carboxylic acids is 2. The molecule has 0 unspecified atom stereocenters. The van der Waals surface area contributed by atoms with E-state index in [9.17, 15) is 9.59 Å². The van der Waals surface area contributed by atoms with Gasteiger partial charge in [0.05, 0.1) is 12.2 Å². The molecule has 0 bridgehead atoms. The third-order valence-corrected chi connectivity index (χ3v) is 5.38. The number of aromatic nitrogens is 2. The van der Waals surface area contributed by atoms with Crippen LogP contribution in [0.2, 0.25) is 0 Å². The summed E-state index contributed by atoms with van der Waals surface area (Å²) in [5.41, 5.74) is 2.28. The minimum Gasteiger partial charge on any atom is -0.334 e. The molecule has 6 nitrogen and oxygen atoms in total. The van der Waals surface area contributed by atoms with Crippen molar-refractivity contribution in [1.29, 1.82) is 0 Å². The smallest absolute Gasteiger partial charge is 0.276 e. The summed E-state index contributed by atoms with van der Waals surface area (Å²) >= 11 is 1.41. The molecule has 1 aromatic carbocycles. The average molecular weight is 390 g/mol. The molecule has 1 N–H and O–H groups in total. The molecule has 4 rings (SSSR count). The Hall–Kier alpha value is -3.32. The van der Waals surface area contributed by atoms with Crippen molar-refractivity contribution in [2.75, 3.05) is 11.9 Å². The lowest BCUT2D eigenvalue weighted by Crippen LogP contribution is -2.34. The summed E-state index contributed by atoms with van der Waals surface area (Å²) in [5, 5.41) is 3.33. The van der Waals surface area contributed by atoms with E-state index in [0.29, 0.717) is 30.3 Å². The standard InChI is InChI=1S/C21H18N4O2S/c26-19(10-9-15-6-2-1-3-7-15)25-13-11-16-18(14-25)28-21(23-16)24-20(27)17-8-4-5-12-22-17/h1-10,12H,11,13-14H2,(H,23,24,27)/b10-9+. The van der Waals surface area contributed by atoms with E-state index < -0.39 is 0 Å². The summed E-state index contributed by atoms with van der Waals surface area (Å²) in [6.07, 6.45) is 5.68. The number of rotatable bonds is 4. The van der Waals surface area contributed by atoms with Crippen molar-refractivity contribution in [2.45, 2.75) is 13.0 Å². The molecule has 2 amide bonds. The van der Waals surface area contributed by atoms with Crippen molar-refractivity contribution in [2.24, 2.45) is 0 Å². The maximum absolute atomic E-state index is 12.5. The Morgan fingerprint density at radius 3 is 2.71 bits per heavy atom. The normalized spacial score (nSPS) is 13.4.